The highest BCUT2D eigenvalue weighted by molar-refractivity contribution is 5.81. The molecule has 21 heavy (non-hydrogen) atoms. The molecule has 0 heterocycles. The second kappa shape index (κ2) is 8.90. The maximum Gasteiger partial charge on any atom is 0.222 e. The van der Waals surface area contributed by atoms with E-state index in [-0.39, 0.29) is 17.2 Å². The molecule has 124 valence electrons. The van der Waals surface area contributed by atoms with E-state index >= 15 is 0 Å². The van der Waals surface area contributed by atoms with Crippen LogP contribution in [0.1, 0.15) is 60.8 Å². The zero-order chi connectivity index (χ0) is 16.6. The second-order valence-electron chi connectivity index (χ2n) is 7.65. The highest BCUT2D eigenvalue weighted by atomic mass is 16.4. The molecule has 0 aromatic rings. The van der Waals surface area contributed by atoms with Crippen molar-refractivity contribution in [1.82, 2.24) is 4.90 Å². The van der Waals surface area contributed by atoms with Gasteiger partial charge in [-0.15, -0.1) is 0 Å². The van der Waals surface area contributed by atoms with Gasteiger partial charge in [0.2, 0.25) is 5.91 Å². The molecule has 0 aliphatic carbocycles. The highest BCUT2D eigenvalue weighted by Crippen LogP contribution is 2.26. The Kier molecular flexibility index (Phi) is 8.37. The second-order valence-corrected chi connectivity index (χ2v) is 7.65. The standard InChI is InChI=1S/C16H33N3O2/c1-12(2)11-19(8-7-14(17)18-21)15(20)9-13(3)10-16(4,5)6/h12-13,21H,7-11H2,1-6H3,(H2,17,18). The largest absolute Gasteiger partial charge is 0.409 e. The lowest BCUT2D eigenvalue weighted by atomic mass is 9.84. The third-order valence-electron chi connectivity index (χ3n) is 3.19. The van der Waals surface area contributed by atoms with E-state index in [2.05, 4.69) is 46.7 Å². The summed E-state index contributed by atoms with van der Waals surface area (Å²) in [5.41, 5.74) is 5.73. The van der Waals surface area contributed by atoms with Gasteiger partial charge in [-0.05, 0) is 23.7 Å². The van der Waals surface area contributed by atoms with Crippen LogP contribution in [-0.4, -0.2) is 34.9 Å². The number of rotatable bonds is 8. The number of oxime groups is 1. The maximum absolute atomic E-state index is 12.5. The summed E-state index contributed by atoms with van der Waals surface area (Å²) in [5.74, 6) is 1.08. The van der Waals surface area contributed by atoms with Crippen molar-refractivity contribution < 1.29 is 10.0 Å². The molecule has 0 rings (SSSR count). The van der Waals surface area contributed by atoms with Crippen molar-refractivity contribution in [2.75, 3.05) is 13.1 Å². The van der Waals surface area contributed by atoms with Crippen molar-refractivity contribution in [2.45, 2.75) is 60.8 Å². The molecular weight excluding hydrogens is 266 g/mol. The van der Waals surface area contributed by atoms with Crippen LogP contribution in [0.3, 0.4) is 0 Å². The summed E-state index contributed by atoms with van der Waals surface area (Å²) in [6.45, 7) is 14.1. The first-order valence-corrected chi connectivity index (χ1v) is 7.79. The first kappa shape index (κ1) is 19.7. The lowest BCUT2D eigenvalue weighted by Crippen LogP contribution is -2.37. The molecule has 5 heteroatoms. The minimum absolute atomic E-state index is 0.159. The average Bonchev–Trinajstić information content (AvgIpc) is 2.30. The van der Waals surface area contributed by atoms with Gasteiger partial charge in [-0.3, -0.25) is 4.79 Å². The van der Waals surface area contributed by atoms with Gasteiger partial charge in [0.05, 0.1) is 0 Å². The molecule has 0 saturated carbocycles. The molecule has 1 atom stereocenters. The van der Waals surface area contributed by atoms with Gasteiger partial charge in [0.15, 0.2) is 0 Å². The van der Waals surface area contributed by atoms with Crippen molar-refractivity contribution in [2.24, 2.45) is 28.1 Å². The first-order valence-electron chi connectivity index (χ1n) is 7.79. The summed E-state index contributed by atoms with van der Waals surface area (Å²) >= 11 is 0. The molecule has 5 nitrogen and oxygen atoms in total. The third kappa shape index (κ3) is 10.2. The minimum atomic E-state index is 0.159. The van der Waals surface area contributed by atoms with E-state index in [1.54, 1.807) is 0 Å². The molecule has 0 aliphatic rings. The number of hydrogen-bond acceptors (Lipinski definition) is 3. The topological polar surface area (TPSA) is 78.9 Å². The molecule has 0 aromatic carbocycles. The molecule has 0 aliphatic heterocycles. The Balaban J connectivity index is 4.57. The molecule has 0 spiro atoms. The van der Waals surface area contributed by atoms with Crippen LogP contribution < -0.4 is 5.73 Å². The smallest absolute Gasteiger partial charge is 0.222 e. The first-order chi connectivity index (χ1) is 9.55. The Bertz CT molecular complexity index is 346. The number of carbonyl (C=O) groups excluding carboxylic acids is 1. The van der Waals surface area contributed by atoms with Crippen LogP contribution in [0.25, 0.3) is 0 Å². The van der Waals surface area contributed by atoms with Gasteiger partial charge in [-0.2, -0.15) is 0 Å². The number of carbonyl (C=O) groups is 1. The van der Waals surface area contributed by atoms with Gasteiger partial charge in [0, 0.05) is 25.9 Å². The SMILES string of the molecule is CC(C)CN(CCC(N)=NO)C(=O)CC(C)CC(C)(C)C. The fourth-order valence-electron chi connectivity index (χ4n) is 2.60. The summed E-state index contributed by atoms with van der Waals surface area (Å²) in [6, 6.07) is 0. The number of hydrogen-bond donors (Lipinski definition) is 2. The van der Waals surface area contributed by atoms with E-state index in [0.29, 0.717) is 37.8 Å². The predicted molar refractivity (Wildman–Crippen MR) is 87.3 cm³/mol. The molecule has 0 fully saturated rings. The van der Waals surface area contributed by atoms with Gasteiger partial charge < -0.3 is 15.8 Å². The molecular formula is C16H33N3O2. The predicted octanol–water partition coefficient (Wildman–Crippen LogP) is 3.07. The maximum atomic E-state index is 12.5. The Morgan fingerprint density at radius 3 is 2.29 bits per heavy atom. The minimum Gasteiger partial charge on any atom is -0.409 e. The van der Waals surface area contributed by atoms with E-state index in [4.69, 9.17) is 10.9 Å². The van der Waals surface area contributed by atoms with Crippen LogP contribution >= 0.6 is 0 Å². The van der Waals surface area contributed by atoms with Crippen molar-refractivity contribution in [3.8, 4) is 0 Å². The van der Waals surface area contributed by atoms with Crippen molar-refractivity contribution >= 4 is 11.7 Å². The average molecular weight is 299 g/mol. The van der Waals surface area contributed by atoms with Crippen LogP contribution in [-0.2, 0) is 4.79 Å². The highest BCUT2D eigenvalue weighted by Gasteiger charge is 2.21. The molecule has 0 saturated heterocycles. The van der Waals surface area contributed by atoms with Crippen LogP contribution in [0.5, 0.6) is 0 Å². The normalized spacial score (nSPS) is 14.3. The third-order valence-corrected chi connectivity index (χ3v) is 3.19. The quantitative estimate of drug-likeness (QED) is 0.313. The summed E-state index contributed by atoms with van der Waals surface area (Å²) < 4.78 is 0. The molecule has 1 unspecified atom stereocenters. The number of nitrogens with zero attached hydrogens (tertiary/aromatic N) is 2. The van der Waals surface area contributed by atoms with E-state index in [1.165, 1.54) is 0 Å². The molecule has 3 N–H and O–H groups in total. The summed E-state index contributed by atoms with van der Waals surface area (Å²) in [4.78, 5) is 14.3. The fraction of sp³-hybridized carbons (Fsp3) is 0.875. The van der Waals surface area contributed by atoms with Crippen molar-refractivity contribution in [3.63, 3.8) is 0 Å². The monoisotopic (exact) mass is 299 g/mol. The zero-order valence-electron chi connectivity index (χ0n) is 14.5. The summed E-state index contributed by atoms with van der Waals surface area (Å²) in [6.07, 6.45) is 1.98. The lowest BCUT2D eigenvalue weighted by Gasteiger charge is -2.28. The Labute approximate surface area is 129 Å². The molecule has 0 aromatic heterocycles. The van der Waals surface area contributed by atoms with Crippen LogP contribution in [0.15, 0.2) is 5.16 Å². The van der Waals surface area contributed by atoms with E-state index in [1.807, 2.05) is 4.90 Å². The van der Waals surface area contributed by atoms with Gasteiger partial charge in [-0.1, -0.05) is 46.7 Å². The van der Waals surface area contributed by atoms with Gasteiger partial charge in [0.1, 0.15) is 5.84 Å². The van der Waals surface area contributed by atoms with Gasteiger partial charge in [0.25, 0.3) is 0 Å². The summed E-state index contributed by atoms with van der Waals surface area (Å²) in [7, 11) is 0. The van der Waals surface area contributed by atoms with Crippen LogP contribution in [0.2, 0.25) is 0 Å². The number of nitrogens with two attached hydrogens (primary N) is 1. The Morgan fingerprint density at radius 1 is 1.29 bits per heavy atom. The zero-order valence-corrected chi connectivity index (χ0v) is 14.5. The Morgan fingerprint density at radius 2 is 1.86 bits per heavy atom. The molecule has 1 amide bonds. The van der Waals surface area contributed by atoms with Gasteiger partial charge in [-0.25, -0.2) is 0 Å². The van der Waals surface area contributed by atoms with Crippen LogP contribution in [0.4, 0.5) is 0 Å². The number of amides is 1. The van der Waals surface area contributed by atoms with E-state index < -0.39 is 0 Å². The Hall–Kier alpha value is -1.26. The lowest BCUT2D eigenvalue weighted by molar-refractivity contribution is -0.132. The van der Waals surface area contributed by atoms with Crippen LogP contribution in [0, 0.1) is 17.3 Å². The fourth-order valence-corrected chi connectivity index (χ4v) is 2.60. The van der Waals surface area contributed by atoms with E-state index in [0.717, 1.165) is 6.42 Å². The number of amidine groups is 1. The molecule has 0 radical (unpaired) electrons. The molecule has 0 bridgehead atoms. The van der Waals surface area contributed by atoms with E-state index in [9.17, 15) is 4.79 Å². The van der Waals surface area contributed by atoms with Gasteiger partial charge >= 0.3 is 0 Å². The van der Waals surface area contributed by atoms with Crippen molar-refractivity contribution in [3.05, 3.63) is 0 Å². The van der Waals surface area contributed by atoms with Crippen molar-refractivity contribution in [1.29, 1.82) is 0 Å². The summed E-state index contributed by atoms with van der Waals surface area (Å²) in [5, 5.41) is 11.6.